The fourth-order valence-electron chi connectivity index (χ4n) is 5.46. The molecule has 41 heavy (non-hydrogen) atoms. The molecule has 0 bridgehead atoms. The molecule has 1 saturated heterocycles. The summed E-state index contributed by atoms with van der Waals surface area (Å²) in [5.41, 5.74) is 2.36. The minimum atomic E-state index is -5.10. The average molecular weight is 595 g/mol. The Balaban J connectivity index is 1.43. The molecule has 0 aliphatic carbocycles. The number of nitrogens with one attached hydrogen (secondary N) is 1. The second-order valence-corrected chi connectivity index (χ2v) is 11.0. The molecular formula is C27H29F3N4O6S. The van der Waals surface area contributed by atoms with Gasteiger partial charge < -0.3 is 23.9 Å². The highest BCUT2D eigenvalue weighted by Gasteiger charge is 2.34. The second-order valence-electron chi connectivity index (χ2n) is 10.3. The van der Waals surface area contributed by atoms with Crippen LogP contribution in [-0.4, -0.2) is 70.1 Å². The molecule has 0 spiro atoms. The number of anilines is 2. The summed E-state index contributed by atoms with van der Waals surface area (Å²) in [5.74, 6) is -1.47. The number of carbonyl (C=O) groups excluding carboxylic acids is 1. The summed E-state index contributed by atoms with van der Waals surface area (Å²) in [7, 11) is 2.09. The summed E-state index contributed by atoms with van der Waals surface area (Å²) in [6.07, 6.45) is -4.75. The number of piperazine rings is 1. The topological polar surface area (TPSA) is 116 Å². The van der Waals surface area contributed by atoms with Crippen LogP contribution in [0.2, 0.25) is 0 Å². The number of halogens is 3. The number of amides is 1. The van der Waals surface area contributed by atoms with Crippen molar-refractivity contribution in [1.82, 2.24) is 9.80 Å². The number of hydrogen-bond acceptors (Lipinski definition) is 7. The molecule has 5 rings (SSSR count). The SMILES string of the molecule is Cc1c(N2CCN(C)C(C)C2)ccc2c3c(c(=O)oc12)CN(C(=O)c1ccc(NS(=O)O)c(OC(F)(F)F)c1)CC3. The summed E-state index contributed by atoms with van der Waals surface area (Å²) in [5, 5.41) is 0.795. The number of nitrogens with zero attached hydrogens (tertiary/aromatic N) is 3. The largest absolute Gasteiger partial charge is 0.573 e. The van der Waals surface area contributed by atoms with Crippen LogP contribution in [-0.2, 0) is 24.2 Å². The van der Waals surface area contributed by atoms with Gasteiger partial charge in [0.2, 0.25) is 0 Å². The average Bonchev–Trinajstić information content (AvgIpc) is 2.90. The van der Waals surface area contributed by atoms with E-state index in [1.165, 1.54) is 11.0 Å². The first-order valence-corrected chi connectivity index (χ1v) is 14.0. The Bertz CT molecular complexity index is 1590. The highest BCUT2D eigenvalue weighted by molar-refractivity contribution is 7.80. The lowest BCUT2D eigenvalue weighted by Crippen LogP contribution is -2.50. The minimum Gasteiger partial charge on any atom is -0.422 e. The molecule has 1 amide bonds. The van der Waals surface area contributed by atoms with E-state index in [-0.39, 0.29) is 18.7 Å². The molecule has 10 nitrogen and oxygen atoms in total. The molecule has 0 saturated carbocycles. The third kappa shape index (κ3) is 5.90. The summed E-state index contributed by atoms with van der Waals surface area (Å²) < 4.78 is 70.6. The molecule has 3 heterocycles. The van der Waals surface area contributed by atoms with Gasteiger partial charge in [0.25, 0.3) is 17.2 Å². The van der Waals surface area contributed by atoms with E-state index in [9.17, 15) is 27.0 Å². The predicted molar refractivity (Wildman–Crippen MR) is 147 cm³/mol. The van der Waals surface area contributed by atoms with E-state index in [1.54, 1.807) is 0 Å². The zero-order valence-electron chi connectivity index (χ0n) is 22.6. The zero-order valence-corrected chi connectivity index (χ0v) is 23.4. The van der Waals surface area contributed by atoms with Crippen LogP contribution in [0.25, 0.3) is 11.0 Å². The van der Waals surface area contributed by atoms with Crippen LogP contribution in [0.4, 0.5) is 24.5 Å². The molecule has 220 valence electrons. The number of aryl methyl sites for hydroxylation is 1. The normalized spacial score (nSPS) is 18.8. The van der Waals surface area contributed by atoms with Crippen molar-refractivity contribution in [3.63, 3.8) is 0 Å². The Hall–Kier alpha value is -3.62. The maximum absolute atomic E-state index is 13.3. The van der Waals surface area contributed by atoms with Gasteiger partial charge in [-0.25, -0.2) is 9.00 Å². The Labute approximate surface area is 236 Å². The van der Waals surface area contributed by atoms with Crippen molar-refractivity contribution in [2.24, 2.45) is 0 Å². The van der Waals surface area contributed by atoms with Crippen LogP contribution in [0.5, 0.6) is 5.75 Å². The number of rotatable bonds is 5. The van der Waals surface area contributed by atoms with Crippen molar-refractivity contribution in [3.8, 4) is 5.75 Å². The molecule has 2 unspecified atom stereocenters. The third-order valence-corrected chi connectivity index (χ3v) is 8.12. The van der Waals surface area contributed by atoms with E-state index in [1.807, 2.05) is 23.8 Å². The molecule has 3 aromatic rings. The number of alkyl halides is 3. The fraction of sp³-hybridized carbons (Fsp3) is 0.407. The van der Waals surface area contributed by atoms with Crippen LogP contribution < -0.4 is 20.0 Å². The highest BCUT2D eigenvalue weighted by atomic mass is 32.2. The first-order valence-electron chi connectivity index (χ1n) is 12.9. The van der Waals surface area contributed by atoms with Gasteiger partial charge in [-0.3, -0.25) is 14.1 Å². The summed E-state index contributed by atoms with van der Waals surface area (Å²) in [6, 6.07) is 7.45. The van der Waals surface area contributed by atoms with E-state index in [0.29, 0.717) is 23.6 Å². The smallest absolute Gasteiger partial charge is 0.422 e. The van der Waals surface area contributed by atoms with Crippen molar-refractivity contribution in [2.75, 3.05) is 42.8 Å². The van der Waals surface area contributed by atoms with E-state index in [0.717, 1.165) is 54.0 Å². The first kappa shape index (κ1) is 28.9. The van der Waals surface area contributed by atoms with Crippen LogP contribution >= 0.6 is 0 Å². The van der Waals surface area contributed by atoms with Gasteiger partial charge in [-0.15, -0.1) is 13.2 Å². The van der Waals surface area contributed by atoms with E-state index in [2.05, 4.69) is 28.5 Å². The summed E-state index contributed by atoms with van der Waals surface area (Å²) in [6.45, 7) is 6.85. The third-order valence-electron chi connectivity index (χ3n) is 7.73. The van der Waals surface area contributed by atoms with Crippen LogP contribution in [0, 0.1) is 6.92 Å². The lowest BCUT2D eigenvalue weighted by molar-refractivity contribution is -0.274. The predicted octanol–water partition coefficient (Wildman–Crippen LogP) is 3.89. The molecule has 2 N–H and O–H groups in total. The molecule has 1 fully saturated rings. The number of benzene rings is 2. The number of ether oxygens (including phenoxy) is 1. The zero-order chi connectivity index (χ0) is 29.6. The number of carbonyl (C=O) groups is 1. The van der Waals surface area contributed by atoms with Crippen molar-refractivity contribution >= 4 is 39.5 Å². The fourth-order valence-corrected chi connectivity index (χ4v) is 5.82. The Morgan fingerprint density at radius 2 is 1.93 bits per heavy atom. The van der Waals surface area contributed by atoms with Crippen molar-refractivity contribution < 1.29 is 35.9 Å². The number of hydrogen-bond donors (Lipinski definition) is 2. The van der Waals surface area contributed by atoms with Gasteiger partial charge in [0.05, 0.1) is 17.8 Å². The molecule has 2 aliphatic heterocycles. The van der Waals surface area contributed by atoms with E-state index < -0.39 is 40.6 Å². The Kier molecular flexibility index (Phi) is 7.74. The molecule has 2 atom stereocenters. The van der Waals surface area contributed by atoms with Gasteiger partial charge in [-0.05, 0) is 63.2 Å². The summed E-state index contributed by atoms with van der Waals surface area (Å²) >= 11 is -2.67. The first-order chi connectivity index (χ1) is 19.3. The van der Waals surface area contributed by atoms with Crippen LogP contribution in [0.15, 0.2) is 39.5 Å². The Morgan fingerprint density at radius 1 is 1.17 bits per heavy atom. The van der Waals surface area contributed by atoms with Gasteiger partial charge in [0, 0.05) is 54.4 Å². The van der Waals surface area contributed by atoms with Crippen molar-refractivity contribution in [3.05, 3.63) is 63.0 Å². The lowest BCUT2D eigenvalue weighted by atomic mass is 9.95. The van der Waals surface area contributed by atoms with Gasteiger partial charge in [-0.1, -0.05) is 0 Å². The number of fused-ring (bicyclic) bond motifs is 3. The summed E-state index contributed by atoms with van der Waals surface area (Å²) in [4.78, 5) is 32.4. The van der Waals surface area contributed by atoms with Gasteiger partial charge in [0.1, 0.15) is 5.58 Å². The molecule has 2 aromatic carbocycles. The monoisotopic (exact) mass is 594 g/mol. The van der Waals surface area contributed by atoms with Crippen molar-refractivity contribution in [1.29, 1.82) is 0 Å². The van der Waals surface area contributed by atoms with Crippen LogP contribution in [0.3, 0.4) is 0 Å². The molecule has 1 aromatic heterocycles. The van der Waals surface area contributed by atoms with Gasteiger partial charge >= 0.3 is 12.0 Å². The lowest BCUT2D eigenvalue weighted by Gasteiger charge is -2.39. The maximum Gasteiger partial charge on any atom is 0.573 e. The molecule has 0 radical (unpaired) electrons. The minimum absolute atomic E-state index is 0.0840. The second kappa shape index (κ2) is 11.0. The van der Waals surface area contributed by atoms with E-state index >= 15 is 0 Å². The quantitative estimate of drug-likeness (QED) is 0.338. The number of likely N-dealkylation sites (N-methyl/N-ethyl adjacent to an activating group) is 1. The Morgan fingerprint density at radius 3 is 2.61 bits per heavy atom. The molecule has 2 aliphatic rings. The maximum atomic E-state index is 13.3. The molecular weight excluding hydrogens is 565 g/mol. The molecule has 14 heteroatoms. The van der Waals surface area contributed by atoms with Crippen molar-refractivity contribution in [2.45, 2.75) is 39.2 Å². The van der Waals surface area contributed by atoms with E-state index in [4.69, 9.17) is 8.97 Å². The van der Waals surface area contributed by atoms with Crippen LogP contribution in [0.1, 0.15) is 34.0 Å². The highest BCUT2D eigenvalue weighted by Crippen LogP contribution is 2.35. The van der Waals surface area contributed by atoms with Gasteiger partial charge in [0.15, 0.2) is 5.75 Å². The van der Waals surface area contributed by atoms with Gasteiger partial charge in [-0.2, -0.15) is 0 Å². The standard InChI is InChI=1S/C27H29F3N4O6S/c1-15-13-33(11-10-32(15)3)22-7-5-19-18-8-9-34(14-20(18)26(36)39-24(19)16(22)2)25(35)17-4-6-21(31-41(37)38)23(12-17)40-27(28,29)30/h4-7,12,15,31H,8-11,13-14H2,1-3H3,(H,37,38).